The topological polar surface area (TPSA) is 80.3 Å². The van der Waals surface area contributed by atoms with Crippen molar-refractivity contribution in [3.63, 3.8) is 0 Å². The maximum Gasteiger partial charge on any atom is 0.416 e. The number of nitrogens with zero attached hydrogens (tertiary/aromatic N) is 1. The van der Waals surface area contributed by atoms with Gasteiger partial charge in [0.15, 0.2) is 0 Å². The average molecular weight is 439 g/mol. The van der Waals surface area contributed by atoms with Crippen molar-refractivity contribution in [1.82, 2.24) is 15.0 Å². The number of urea groups is 1. The number of imide groups is 1. The van der Waals surface area contributed by atoms with E-state index in [1.54, 1.807) is 29.6 Å². The monoisotopic (exact) mass is 439 g/mol. The molecule has 0 unspecified atom stereocenters. The molecule has 0 radical (unpaired) electrons. The Kier molecular flexibility index (Phi) is 6.39. The molecular weight excluding hydrogens is 427 g/mol. The van der Waals surface area contributed by atoms with Gasteiger partial charge in [-0.15, -0.1) is 11.3 Å². The number of rotatable bonds is 5. The number of hydrogen-bond donors (Lipinski definition) is 2. The number of thiophene rings is 1. The maximum absolute atomic E-state index is 12.7. The van der Waals surface area contributed by atoms with Crippen LogP contribution in [-0.4, -0.2) is 16.9 Å². The van der Waals surface area contributed by atoms with E-state index in [1.807, 2.05) is 0 Å². The molecule has 0 bridgehead atoms. The smallest absolute Gasteiger partial charge is 0.416 e. The number of hydrogen-bond acceptors (Lipinski definition) is 6. The van der Waals surface area contributed by atoms with Crippen LogP contribution in [0, 0.1) is 0 Å². The molecule has 150 valence electrons. The molecule has 11 heteroatoms. The number of alkyl halides is 3. The zero-order valence-electron chi connectivity index (χ0n) is 14.4. The molecule has 0 aliphatic carbocycles. The van der Waals surface area contributed by atoms with Crippen LogP contribution in [0.5, 0.6) is 11.6 Å². The maximum atomic E-state index is 12.7. The van der Waals surface area contributed by atoms with Crippen LogP contribution in [-0.2, 0) is 6.18 Å². The van der Waals surface area contributed by atoms with E-state index in [4.69, 9.17) is 4.74 Å². The molecule has 0 fully saturated rings. The van der Waals surface area contributed by atoms with E-state index in [-0.39, 0.29) is 11.6 Å². The van der Waals surface area contributed by atoms with Crippen molar-refractivity contribution in [2.24, 2.45) is 0 Å². The zero-order valence-corrected chi connectivity index (χ0v) is 16.0. The summed E-state index contributed by atoms with van der Waals surface area (Å²) in [7, 11) is 0. The molecule has 3 rings (SSSR count). The van der Waals surface area contributed by atoms with Crippen molar-refractivity contribution in [2.45, 2.75) is 11.1 Å². The van der Waals surface area contributed by atoms with Gasteiger partial charge in [0.2, 0.25) is 5.88 Å². The molecule has 6 nitrogen and oxygen atoms in total. The predicted molar refractivity (Wildman–Crippen MR) is 102 cm³/mol. The molecule has 1 aromatic carbocycles. The first-order chi connectivity index (χ1) is 13.8. The van der Waals surface area contributed by atoms with Crippen molar-refractivity contribution in [2.75, 3.05) is 0 Å². The fourth-order valence-corrected chi connectivity index (χ4v) is 3.19. The molecule has 3 aromatic rings. The van der Waals surface area contributed by atoms with E-state index in [9.17, 15) is 22.8 Å². The molecule has 0 aliphatic heterocycles. The highest BCUT2D eigenvalue weighted by atomic mass is 32.2. The second-order valence-electron chi connectivity index (χ2n) is 5.42. The molecule has 3 amide bonds. The van der Waals surface area contributed by atoms with Gasteiger partial charge in [-0.1, -0.05) is 6.07 Å². The van der Waals surface area contributed by atoms with Crippen LogP contribution in [0.2, 0.25) is 0 Å². The Balaban J connectivity index is 1.52. The second kappa shape index (κ2) is 8.97. The largest absolute Gasteiger partial charge is 0.439 e. The summed E-state index contributed by atoms with van der Waals surface area (Å²) in [5.74, 6) is -0.418. The molecule has 0 aliphatic rings. The van der Waals surface area contributed by atoms with Gasteiger partial charge in [-0.05, 0) is 53.7 Å². The quantitative estimate of drug-likeness (QED) is 0.541. The van der Waals surface area contributed by atoms with Crippen LogP contribution in [0.4, 0.5) is 18.0 Å². The number of halogens is 3. The van der Waals surface area contributed by atoms with Crippen molar-refractivity contribution < 1.29 is 27.5 Å². The van der Waals surface area contributed by atoms with Crippen LogP contribution < -0.4 is 14.8 Å². The van der Waals surface area contributed by atoms with E-state index in [0.717, 1.165) is 30.3 Å². The van der Waals surface area contributed by atoms with Gasteiger partial charge in [-0.3, -0.25) is 14.8 Å². The number of pyridine rings is 1. The lowest BCUT2D eigenvalue weighted by Gasteiger charge is -2.09. The Hall–Kier alpha value is -3.05. The lowest BCUT2D eigenvalue weighted by atomic mass is 10.2. The van der Waals surface area contributed by atoms with Crippen LogP contribution in [0.1, 0.15) is 15.2 Å². The van der Waals surface area contributed by atoms with Gasteiger partial charge in [-0.2, -0.15) is 13.2 Å². The first-order valence-electron chi connectivity index (χ1n) is 7.94. The fourth-order valence-electron chi connectivity index (χ4n) is 2.04. The number of nitrogens with one attached hydrogen (secondary N) is 2. The molecule has 0 atom stereocenters. The van der Waals surface area contributed by atoms with E-state index in [2.05, 4.69) is 15.0 Å². The van der Waals surface area contributed by atoms with Gasteiger partial charge in [0, 0.05) is 17.2 Å². The fraction of sp³-hybridized carbons (Fsp3) is 0.0556. The number of aromatic nitrogens is 1. The molecular formula is C18H12F3N3O3S2. The number of carbonyl (C=O) groups is 2. The highest BCUT2D eigenvalue weighted by molar-refractivity contribution is 7.98. The van der Waals surface area contributed by atoms with Crippen LogP contribution in [0.3, 0.4) is 0 Å². The molecule has 0 spiro atoms. The van der Waals surface area contributed by atoms with Crippen LogP contribution in [0.15, 0.2) is 65.0 Å². The van der Waals surface area contributed by atoms with Gasteiger partial charge < -0.3 is 4.74 Å². The number of ether oxygens (including phenoxy) is 1. The molecule has 2 N–H and O–H groups in total. The van der Waals surface area contributed by atoms with Gasteiger partial charge in [0.1, 0.15) is 5.75 Å². The van der Waals surface area contributed by atoms with Crippen LogP contribution in [0.25, 0.3) is 0 Å². The van der Waals surface area contributed by atoms with Gasteiger partial charge in [0.25, 0.3) is 5.91 Å². The summed E-state index contributed by atoms with van der Waals surface area (Å²) in [5, 5.41) is 3.91. The highest BCUT2D eigenvalue weighted by Gasteiger charge is 2.31. The minimum absolute atomic E-state index is 0.190. The Morgan fingerprint density at radius 2 is 1.86 bits per heavy atom. The third-order valence-electron chi connectivity index (χ3n) is 3.34. The standard InChI is InChI=1S/C18H12F3N3O3S2/c19-18(20,21)11-7-8-22-15(10-11)27-12-3-5-13(6-4-12)29-24-17(26)23-16(25)14-2-1-9-28-14/h1-10H,(H2,23,24,25,26). The molecule has 0 saturated carbocycles. The van der Waals surface area contributed by atoms with Crippen LogP contribution >= 0.6 is 23.3 Å². The molecule has 2 heterocycles. The normalized spacial score (nSPS) is 11.0. The van der Waals surface area contributed by atoms with E-state index in [0.29, 0.717) is 9.77 Å². The minimum atomic E-state index is -4.49. The summed E-state index contributed by atoms with van der Waals surface area (Å²) in [6.45, 7) is 0. The third kappa shape index (κ3) is 5.96. The highest BCUT2D eigenvalue weighted by Crippen LogP contribution is 2.31. The Morgan fingerprint density at radius 1 is 1.10 bits per heavy atom. The third-order valence-corrected chi connectivity index (χ3v) is 5.01. The summed E-state index contributed by atoms with van der Waals surface area (Å²) < 4.78 is 45.9. The summed E-state index contributed by atoms with van der Waals surface area (Å²) in [6, 6.07) is 10.5. The Labute approximate surface area is 171 Å². The van der Waals surface area contributed by atoms with Crippen molar-refractivity contribution in [1.29, 1.82) is 0 Å². The lowest BCUT2D eigenvalue weighted by Crippen LogP contribution is -2.35. The van der Waals surface area contributed by atoms with E-state index < -0.39 is 23.7 Å². The number of benzene rings is 1. The molecule has 29 heavy (non-hydrogen) atoms. The van der Waals surface area contributed by atoms with Crippen molar-refractivity contribution in [3.05, 3.63) is 70.5 Å². The Morgan fingerprint density at radius 3 is 2.52 bits per heavy atom. The summed E-state index contributed by atoms with van der Waals surface area (Å²) in [6.07, 6.45) is -3.47. The summed E-state index contributed by atoms with van der Waals surface area (Å²) in [5.41, 5.74) is -0.859. The van der Waals surface area contributed by atoms with Gasteiger partial charge in [0.05, 0.1) is 10.4 Å². The van der Waals surface area contributed by atoms with Crippen molar-refractivity contribution in [3.8, 4) is 11.6 Å². The number of amides is 3. The predicted octanol–water partition coefficient (Wildman–Crippen LogP) is 5.10. The van der Waals surface area contributed by atoms with Crippen molar-refractivity contribution >= 4 is 35.2 Å². The summed E-state index contributed by atoms with van der Waals surface area (Å²) >= 11 is 2.17. The first-order valence-corrected chi connectivity index (χ1v) is 9.64. The molecule has 0 saturated heterocycles. The van der Waals surface area contributed by atoms with E-state index >= 15 is 0 Å². The zero-order chi connectivity index (χ0) is 20.9. The first kappa shape index (κ1) is 20.7. The second-order valence-corrected chi connectivity index (χ2v) is 7.25. The SMILES string of the molecule is O=C(NSc1ccc(Oc2cc(C(F)(F)F)ccn2)cc1)NC(=O)c1cccs1. The van der Waals surface area contributed by atoms with Gasteiger partial charge >= 0.3 is 12.2 Å². The Bertz CT molecular complexity index is 994. The summed E-state index contributed by atoms with van der Waals surface area (Å²) in [4.78, 5) is 28.3. The molecule has 2 aromatic heterocycles. The van der Waals surface area contributed by atoms with E-state index in [1.165, 1.54) is 23.5 Å². The average Bonchev–Trinajstić information content (AvgIpc) is 3.22. The van der Waals surface area contributed by atoms with Gasteiger partial charge in [-0.25, -0.2) is 9.78 Å². The lowest BCUT2D eigenvalue weighted by molar-refractivity contribution is -0.137. The minimum Gasteiger partial charge on any atom is -0.439 e. The number of carbonyl (C=O) groups excluding carboxylic acids is 2.